The third kappa shape index (κ3) is 4.31. The summed E-state index contributed by atoms with van der Waals surface area (Å²) in [4.78, 5) is 19.1. The second kappa shape index (κ2) is 9.23. The number of pyridine rings is 1. The van der Waals surface area contributed by atoms with Crippen molar-refractivity contribution >= 4 is 11.6 Å². The van der Waals surface area contributed by atoms with Crippen LogP contribution < -0.4 is 11.1 Å². The summed E-state index contributed by atoms with van der Waals surface area (Å²) >= 11 is 0. The van der Waals surface area contributed by atoms with Crippen molar-refractivity contribution in [1.82, 2.24) is 9.88 Å². The number of likely N-dealkylation sites (tertiary alicyclic amines) is 1. The molecule has 3 atom stereocenters. The number of aryl methyl sites for hydroxylation is 1. The highest BCUT2D eigenvalue weighted by Crippen LogP contribution is 2.36. The van der Waals surface area contributed by atoms with Gasteiger partial charge in [-0.15, -0.1) is 0 Å². The maximum atomic E-state index is 12.5. The van der Waals surface area contributed by atoms with Crippen LogP contribution in [-0.4, -0.2) is 34.9 Å². The van der Waals surface area contributed by atoms with E-state index in [-0.39, 0.29) is 11.9 Å². The first-order valence-corrected chi connectivity index (χ1v) is 11.6. The van der Waals surface area contributed by atoms with E-state index in [1.807, 2.05) is 24.3 Å². The number of benzene rings is 2. The summed E-state index contributed by atoms with van der Waals surface area (Å²) in [5.41, 5.74) is 12.3. The molecule has 1 aromatic heterocycles. The van der Waals surface area contributed by atoms with Gasteiger partial charge < -0.3 is 11.1 Å². The molecule has 5 rings (SSSR count). The maximum Gasteiger partial charge on any atom is 0.255 e. The van der Waals surface area contributed by atoms with E-state index in [9.17, 15) is 4.79 Å². The van der Waals surface area contributed by atoms with Gasteiger partial charge in [-0.1, -0.05) is 36.4 Å². The fraction of sp³-hybridized carbons (Fsp3) is 0.333. The van der Waals surface area contributed by atoms with Crippen LogP contribution in [0, 0.1) is 0 Å². The molecule has 0 spiro atoms. The van der Waals surface area contributed by atoms with Crippen molar-refractivity contribution in [3.05, 3.63) is 95.3 Å². The third-order valence-corrected chi connectivity index (χ3v) is 7.04. The van der Waals surface area contributed by atoms with E-state index in [0.29, 0.717) is 17.5 Å². The lowest BCUT2D eigenvalue weighted by molar-refractivity contribution is 0.102. The minimum absolute atomic E-state index is 0.0496. The molecule has 164 valence electrons. The van der Waals surface area contributed by atoms with Gasteiger partial charge in [-0.3, -0.25) is 14.7 Å². The number of aromatic nitrogens is 1. The minimum atomic E-state index is -0.126. The number of fused-ring (bicyclic) bond motifs is 1. The lowest BCUT2D eigenvalue weighted by Crippen LogP contribution is -2.40. The summed E-state index contributed by atoms with van der Waals surface area (Å²) in [6, 6.07) is 20.5. The van der Waals surface area contributed by atoms with Gasteiger partial charge in [0.2, 0.25) is 0 Å². The van der Waals surface area contributed by atoms with Gasteiger partial charge in [0.05, 0.1) is 0 Å². The Morgan fingerprint density at radius 2 is 1.84 bits per heavy atom. The number of carbonyl (C=O) groups is 1. The van der Waals surface area contributed by atoms with Crippen molar-refractivity contribution in [2.45, 2.75) is 43.7 Å². The van der Waals surface area contributed by atoms with Crippen LogP contribution in [0.2, 0.25) is 0 Å². The molecule has 3 aromatic rings. The Kier molecular flexibility index (Phi) is 6.02. The molecule has 1 aliphatic heterocycles. The molecule has 1 aliphatic carbocycles. The van der Waals surface area contributed by atoms with Crippen LogP contribution in [0.3, 0.4) is 0 Å². The van der Waals surface area contributed by atoms with Crippen molar-refractivity contribution in [3.8, 4) is 0 Å². The van der Waals surface area contributed by atoms with E-state index < -0.39 is 0 Å². The van der Waals surface area contributed by atoms with Crippen LogP contribution in [0.5, 0.6) is 0 Å². The molecule has 0 saturated carbocycles. The quantitative estimate of drug-likeness (QED) is 0.608. The number of amides is 1. The number of anilines is 1. The third-order valence-electron chi connectivity index (χ3n) is 7.04. The average molecular weight is 427 g/mol. The Labute approximate surface area is 189 Å². The fourth-order valence-electron chi connectivity index (χ4n) is 5.32. The predicted molar refractivity (Wildman–Crippen MR) is 128 cm³/mol. The van der Waals surface area contributed by atoms with Gasteiger partial charge in [0.25, 0.3) is 5.91 Å². The van der Waals surface area contributed by atoms with Crippen LogP contribution >= 0.6 is 0 Å². The smallest absolute Gasteiger partial charge is 0.255 e. The number of rotatable bonds is 6. The molecule has 2 aliphatic rings. The molecule has 2 heterocycles. The van der Waals surface area contributed by atoms with E-state index in [4.69, 9.17) is 5.73 Å². The van der Waals surface area contributed by atoms with Gasteiger partial charge in [-0.25, -0.2) is 0 Å². The Bertz CT molecular complexity index is 1070. The normalized spacial score (nSPS) is 21.3. The van der Waals surface area contributed by atoms with E-state index in [1.165, 1.54) is 30.4 Å². The number of hydrogen-bond donors (Lipinski definition) is 2. The fourth-order valence-corrected chi connectivity index (χ4v) is 5.32. The van der Waals surface area contributed by atoms with Crippen molar-refractivity contribution < 1.29 is 4.79 Å². The number of carbonyl (C=O) groups excluding carboxylic acids is 1. The summed E-state index contributed by atoms with van der Waals surface area (Å²) in [6.07, 6.45) is 8.07. The Hall–Kier alpha value is -3.02. The van der Waals surface area contributed by atoms with E-state index in [1.54, 1.807) is 24.5 Å². The molecule has 0 radical (unpaired) electrons. The summed E-state index contributed by atoms with van der Waals surface area (Å²) < 4.78 is 0. The highest BCUT2D eigenvalue weighted by Gasteiger charge is 2.33. The topological polar surface area (TPSA) is 71.2 Å². The van der Waals surface area contributed by atoms with Gasteiger partial charge in [0.1, 0.15) is 0 Å². The zero-order valence-electron chi connectivity index (χ0n) is 18.3. The number of nitrogens with one attached hydrogen (secondary N) is 1. The Balaban J connectivity index is 1.24. The summed E-state index contributed by atoms with van der Waals surface area (Å²) in [7, 11) is 0. The zero-order valence-corrected chi connectivity index (χ0v) is 18.3. The zero-order chi connectivity index (χ0) is 21.9. The van der Waals surface area contributed by atoms with Crippen LogP contribution in [0.1, 0.15) is 58.3 Å². The molecule has 1 fully saturated rings. The lowest BCUT2D eigenvalue weighted by atomic mass is 9.95. The Morgan fingerprint density at radius 3 is 2.66 bits per heavy atom. The van der Waals surface area contributed by atoms with Gasteiger partial charge in [-0.2, -0.15) is 0 Å². The SMILES string of the molecule is N[C@@H](c1ccc(C(=O)Nc2ccncc2)cc1)C1CCCN1CC1CCc2ccccc21. The average Bonchev–Trinajstić information content (AvgIpc) is 3.47. The monoisotopic (exact) mass is 426 g/mol. The molecule has 1 saturated heterocycles. The van der Waals surface area contributed by atoms with E-state index in [2.05, 4.69) is 39.5 Å². The highest BCUT2D eigenvalue weighted by atomic mass is 16.1. The van der Waals surface area contributed by atoms with Gasteiger partial charge in [0, 0.05) is 42.3 Å². The molecule has 3 N–H and O–H groups in total. The van der Waals surface area contributed by atoms with Crippen LogP contribution in [-0.2, 0) is 6.42 Å². The van der Waals surface area contributed by atoms with Gasteiger partial charge >= 0.3 is 0 Å². The highest BCUT2D eigenvalue weighted by molar-refractivity contribution is 6.04. The van der Waals surface area contributed by atoms with E-state index in [0.717, 1.165) is 30.8 Å². The molecule has 5 heteroatoms. The first-order valence-electron chi connectivity index (χ1n) is 11.6. The molecule has 32 heavy (non-hydrogen) atoms. The molecule has 5 nitrogen and oxygen atoms in total. The minimum Gasteiger partial charge on any atom is -0.323 e. The first kappa shape index (κ1) is 20.9. The molecular weight excluding hydrogens is 396 g/mol. The van der Waals surface area contributed by atoms with Gasteiger partial charge in [0.15, 0.2) is 0 Å². The molecule has 0 bridgehead atoms. The van der Waals surface area contributed by atoms with Crippen molar-refractivity contribution in [2.75, 3.05) is 18.4 Å². The largest absolute Gasteiger partial charge is 0.323 e. The molecule has 2 unspecified atom stereocenters. The standard InChI is InChI=1S/C27H30N4O/c28-26(20-8-10-21(11-9-20)27(32)30-23-13-15-29-16-14-23)25-6-3-17-31(25)18-22-12-7-19-4-1-2-5-24(19)22/h1-2,4-5,8-11,13-16,22,25-26H,3,6-7,12,17-18,28H2,(H,29,30,32)/t22?,25?,26-/m0/s1. The van der Waals surface area contributed by atoms with Crippen LogP contribution in [0.4, 0.5) is 5.69 Å². The second-order valence-electron chi connectivity index (χ2n) is 8.98. The lowest BCUT2D eigenvalue weighted by Gasteiger charge is -2.32. The number of nitrogens with two attached hydrogens (primary N) is 1. The molecule has 1 amide bonds. The number of hydrogen-bond acceptors (Lipinski definition) is 4. The molecular formula is C27H30N4O. The Morgan fingerprint density at radius 1 is 1.06 bits per heavy atom. The molecule has 2 aromatic carbocycles. The van der Waals surface area contributed by atoms with Crippen molar-refractivity contribution in [3.63, 3.8) is 0 Å². The van der Waals surface area contributed by atoms with Crippen LogP contribution in [0.15, 0.2) is 73.1 Å². The number of nitrogens with zero attached hydrogens (tertiary/aromatic N) is 2. The first-order chi connectivity index (χ1) is 15.7. The summed E-state index contributed by atoms with van der Waals surface area (Å²) in [5, 5.41) is 2.90. The summed E-state index contributed by atoms with van der Waals surface area (Å²) in [6.45, 7) is 2.20. The van der Waals surface area contributed by atoms with Crippen molar-refractivity contribution in [2.24, 2.45) is 5.73 Å². The maximum absolute atomic E-state index is 12.5. The van der Waals surface area contributed by atoms with Gasteiger partial charge in [-0.05, 0) is 79.1 Å². The predicted octanol–water partition coefficient (Wildman–Crippen LogP) is 4.53. The summed E-state index contributed by atoms with van der Waals surface area (Å²) in [5.74, 6) is 0.483. The van der Waals surface area contributed by atoms with Crippen LogP contribution in [0.25, 0.3) is 0 Å². The second-order valence-corrected chi connectivity index (χ2v) is 8.98. The van der Waals surface area contributed by atoms with Crippen molar-refractivity contribution in [1.29, 1.82) is 0 Å². The van der Waals surface area contributed by atoms with E-state index >= 15 is 0 Å².